The largest absolute Gasteiger partial charge is 0.457 e. The maximum atomic E-state index is 14.3. The molecule has 2 aromatic carbocycles. The fourth-order valence-corrected chi connectivity index (χ4v) is 7.27. The Balaban J connectivity index is 1.27. The number of unbranched alkanes of at least 4 members (excludes halogenated alkanes) is 2. The molecule has 0 radical (unpaired) electrons. The Morgan fingerprint density at radius 1 is 1.00 bits per heavy atom. The molecule has 2 saturated heterocycles. The van der Waals surface area contributed by atoms with Gasteiger partial charge in [-0.3, -0.25) is 14.4 Å². The van der Waals surface area contributed by atoms with Crippen LogP contribution in [0.15, 0.2) is 48.5 Å². The van der Waals surface area contributed by atoms with Gasteiger partial charge in [-0.05, 0) is 93.5 Å². The van der Waals surface area contributed by atoms with Gasteiger partial charge in [-0.2, -0.15) is 0 Å². The lowest BCUT2D eigenvalue weighted by Gasteiger charge is -2.56. The van der Waals surface area contributed by atoms with E-state index >= 15 is 0 Å². The Kier molecular flexibility index (Phi) is 9.83. The average Bonchev–Trinajstić information content (AvgIpc) is 3.06. The molecule has 0 bridgehead atoms. The summed E-state index contributed by atoms with van der Waals surface area (Å²) in [6.45, 7) is 5.67. The SMILES string of the molecule is CCCCCN1C(=O)[C@@](C)(C(O)C2CCCCC2)NC(=O)C12CCN(c1ccc(Oc3ccc(C(=O)NC)cc3)cc1)CC2. The van der Waals surface area contributed by atoms with Crippen LogP contribution < -0.4 is 20.3 Å². The predicted molar refractivity (Wildman–Crippen MR) is 171 cm³/mol. The van der Waals surface area contributed by atoms with Crippen molar-refractivity contribution in [1.29, 1.82) is 0 Å². The highest BCUT2D eigenvalue weighted by Crippen LogP contribution is 2.40. The van der Waals surface area contributed by atoms with E-state index in [1.165, 1.54) is 0 Å². The zero-order valence-corrected chi connectivity index (χ0v) is 26.4. The van der Waals surface area contributed by atoms with E-state index in [0.717, 1.165) is 57.1 Å². The molecule has 2 aromatic rings. The van der Waals surface area contributed by atoms with E-state index in [9.17, 15) is 19.5 Å². The van der Waals surface area contributed by atoms with Gasteiger partial charge in [0.1, 0.15) is 22.6 Å². The number of piperazine rings is 1. The monoisotopic (exact) mass is 604 g/mol. The second-order valence-electron chi connectivity index (χ2n) is 12.9. The molecule has 1 aliphatic carbocycles. The van der Waals surface area contributed by atoms with Crippen LogP contribution in [-0.4, -0.2) is 71.6 Å². The van der Waals surface area contributed by atoms with Gasteiger partial charge in [0.2, 0.25) is 5.91 Å². The number of aliphatic hydroxyl groups is 1. The van der Waals surface area contributed by atoms with Crippen molar-refractivity contribution in [3.05, 3.63) is 54.1 Å². The molecule has 1 unspecified atom stereocenters. The van der Waals surface area contributed by atoms with Gasteiger partial charge in [-0.15, -0.1) is 0 Å². The van der Waals surface area contributed by atoms with Gasteiger partial charge >= 0.3 is 0 Å². The van der Waals surface area contributed by atoms with E-state index in [4.69, 9.17) is 4.74 Å². The number of benzene rings is 2. The van der Waals surface area contributed by atoms with Crippen molar-refractivity contribution in [2.24, 2.45) is 5.92 Å². The highest BCUT2D eigenvalue weighted by Gasteiger charge is 2.60. The van der Waals surface area contributed by atoms with E-state index in [2.05, 4.69) is 22.5 Å². The summed E-state index contributed by atoms with van der Waals surface area (Å²) >= 11 is 0. The van der Waals surface area contributed by atoms with Gasteiger partial charge in [0.05, 0.1) is 6.10 Å². The number of nitrogens with one attached hydrogen (secondary N) is 2. The van der Waals surface area contributed by atoms with Crippen LogP contribution in [0.4, 0.5) is 5.69 Å². The second-order valence-corrected chi connectivity index (χ2v) is 12.9. The van der Waals surface area contributed by atoms with Crippen LogP contribution in [0, 0.1) is 5.92 Å². The van der Waals surface area contributed by atoms with Crippen molar-refractivity contribution in [3.63, 3.8) is 0 Å². The zero-order valence-electron chi connectivity index (χ0n) is 26.4. The van der Waals surface area contributed by atoms with E-state index in [1.54, 1.807) is 38.2 Å². The molecular weight excluding hydrogens is 556 g/mol. The molecule has 2 aliphatic heterocycles. The van der Waals surface area contributed by atoms with Gasteiger partial charge in [-0.1, -0.05) is 39.0 Å². The maximum absolute atomic E-state index is 14.3. The van der Waals surface area contributed by atoms with Crippen LogP contribution in [-0.2, 0) is 9.59 Å². The molecule has 238 valence electrons. The number of nitrogens with zero attached hydrogens (tertiary/aromatic N) is 2. The van der Waals surface area contributed by atoms with Crippen LogP contribution in [0.1, 0.15) is 88.4 Å². The fourth-order valence-electron chi connectivity index (χ4n) is 7.27. The molecular formula is C35H48N4O5. The molecule has 3 fully saturated rings. The minimum Gasteiger partial charge on any atom is -0.457 e. The summed E-state index contributed by atoms with van der Waals surface area (Å²) in [6, 6.07) is 14.8. The van der Waals surface area contributed by atoms with Crippen LogP contribution in [0.5, 0.6) is 11.5 Å². The van der Waals surface area contributed by atoms with Crippen LogP contribution >= 0.6 is 0 Å². The molecule has 2 atom stereocenters. The summed E-state index contributed by atoms with van der Waals surface area (Å²) in [5.41, 5.74) is -0.608. The first-order chi connectivity index (χ1) is 21.2. The average molecular weight is 605 g/mol. The van der Waals surface area contributed by atoms with Gasteiger partial charge in [0.25, 0.3) is 11.8 Å². The number of rotatable bonds is 10. The van der Waals surface area contributed by atoms with Crippen molar-refractivity contribution in [2.75, 3.05) is 31.6 Å². The summed E-state index contributed by atoms with van der Waals surface area (Å²) in [5.74, 6) is 0.947. The number of hydrogen-bond acceptors (Lipinski definition) is 6. The van der Waals surface area contributed by atoms with Crippen molar-refractivity contribution in [2.45, 2.75) is 95.2 Å². The first-order valence-corrected chi connectivity index (χ1v) is 16.4. The van der Waals surface area contributed by atoms with Crippen LogP contribution in [0.2, 0.25) is 0 Å². The first-order valence-electron chi connectivity index (χ1n) is 16.4. The number of carbonyl (C=O) groups excluding carboxylic acids is 3. The summed E-state index contributed by atoms with van der Waals surface area (Å²) in [5, 5.41) is 17.2. The molecule has 1 spiro atoms. The van der Waals surface area contributed by atoms with Crippen molar-refractivity contribution < 1.29 is 24.2 Å². The number of anilines is 1. The minimum absolute atomic E-state index is 0.0280. The lowest BCUT2D eigenvalue weighted by molar-refractivity contribution is -0.172. The third-order valence-electron chi connectivity index (χ3n) is 10.0. The Hall–Kier alpha value is -3.59. The van der Waals surface area contributed by atoms with Gasteiger partial charge in [0.15, 0.2) is 0 Å². The number of hydrogen-bond donors (Lipinski definition) is 3. The predicted octanol–water partition coefficient (Wildman–Crippen LogP) is 5.03. The fraction of sp³-hybridized carbons (Fsp3) is 0.571. The first kappa shape index (κ1) is 31.8. The van der Waals surface area contributed by atoms with Crippen molar-refractivity contribution in [3.8, 4) is 11.5 Å². The smallest absolute Gasteiger partial charge is 0.251 e. The zero-order chi connectivity index (χ0) is 31.3. The minimum atomic E-state index is -1.30. The van der Waals surface area contributed by atoms with Crippen molar-refractivity contribution in [1.82, 2.24) is 15.5 Å². The molecule has 3 amide bonds. The normalized spacial score (nSPS) is 22.9. The second kappa shape index (κ2) is 13.6. The van der Waals surface area contributed by atoms with Gasteiger partial charge in [0, 0.05) is 37.9 Å². The Bertz CT molecular complexity index is 1300. The Labute approximate surface area is 261 Å². The quantitative estimate of drug-likeness (QED) is 0.328. The number of amides is 3. The molecule has 9 nitrogen and oxygen atoms in total. The molecule has 44 heavy (non-hydrogen) atoms. The van der Waals surface area contributed by atoms with E-state index in [-0.39, 0.29) is 23.6 Å². The number of piperidine rings is 1. The summed E-state index contributed by atoms with van der Waals surface area (Å²) in [6.07, 6.45) is 8.08. The molecule has 9 heteroatoms. The lowest BCUT2D eigenvalue weighted by Crippen LogP contribution is -2.79. The highest BCUT2D eigenvalue weighted by atomic mass is 16.5. The topological polar surface area (TPSA) is 111 Å². The molecule has 3 aliphatic rings. The Morgan fingerprint density at radius 2 is 1.61 bits per heavy atom. The third kappa shape index (κ3) is 6.29. The summed E-state index contributed by atoms with van der Waals surface area (Å²) in [4.78, 5) is 44.2. The van der Waals surface area contributed by atoms with Crippen LogP contribution in [0.25, 0.3) is 0 Å². The number of aliphatic hydroxyl groups excluding tert-OH is 1. The van der Waals surface area contributed by atoms with E-state index < -0.39 is 17.2 Å². The molecule has 3 N–H and O–H groups in total. The number of carbonyl (C=O) groups is 3. The van der Waals surface area contributed by atoms with Crippen LogP contribution in [0.3, 0.4) is 0 Å². The highest BCUT2D eigenvalue weighted by molar-refractivity contribution is 6.02. The van der Waals surface area contributed by atoms with Gasteiger partial charge < -0.3 is 30.3 Å². The lowest BCUT2D eigenvalue weighted by atomic mass is 9.72. The summed E-state index contributed by atoms with van der Waals surface area (Å²) < 4.78 is 5.98. The standard InChI is InChI=1S/C35H48N4O5/c1-4-5-9-22-39-33(43)34(2,30(40)25-10-7-6-8-11-25)37-32(42)35(39)20-23-38(24-21-35)27-14-18-29(19-15-27)44-28-16-12-26(13-17-28)31(41)36-3/h12-19,25,30,40H,4-11,20-24H2,1-3H3,(H,36,41)(H,37,42)/t30?,34-/m1/s1. The molecule has 5 rings (SSSR count). The van der Waals surface area contributed by atoms with Gasteiger partial charge in [-0.25, -0.2) is 0 Å². The molecule has 0 aromatic heterocycles. The Morgan fingerprint density at radius 3 is 2.20 bits per heavy atom. The molecule has 1 saturated carbocycles. The molecule has 2 heterocycles. The van der Waals surface area contributed by atoms with E-state index in [1.807, 2.05) is 29.2 Å². The maximum Gasteiger partial charge on any atom is 0.251 e. The van der Waals surface area contributed by atoms with Crippen molar-refractivity contribution >= 4 is 23.4 Å². The third-order valence-corrected chi connectivity index (χ3v) is 10.0. The van der Waals surface area contributed by atoms with E-state index in [0.29, 0.717) is 49.5 Å². The summed E-state index contributed by atoms with van der Waals surface area (Å²) in [7, 11) is 1.60. The number of ether oxygens (including phenoxy) is 1.